The maximum Gasteiger partial charge on any atom is 0.0714 e. The topological polar surface area (TPSA) is 3.24 Å². The minimum Gasteiger partial charge on any atom is -0.309 e. The van der Waals surface area contributed by atoms with E-state index in [-0.39, 0.29) is 0 Å². The molecule has 0 unspecified atom stereocenters. The van der Waals surface area contributed by atoms with Gasteiger partial charge in [0.25, 0.3) is 0 Å². The van der Waals surface area contributed by atoms with Gasteiger partial charge in [-0.3, -0.25) is 0 Å². The molecule has 0 bridgehead atoms. The number of nitrogens with zero attached hydrogens (tertiary/aromatic N) is 1. The molecule has 1 aliphatic carbocycles. The molecule has 1 nitrogen and oxygen atoms in total. The van der Waals surface area contributed by atoms with Crippen LogP contribution in [0.5, 0.6) is 0 Å². The van der Waals surface area contributed by atoms with E-state index in [1.54, 1.807) is 0 Å². The number of hydrogen-bond acceptors (Lipinski definition) is 1. The van der Waals surface area contributed by atoms with Crippen molar-refractivity contribution in [2.45, 2.75) is 5.41 Å². The monoisotopic (exact) mass is 787 g/mol. The molecule has 11 aromatic rings. The highest BCUT2D eigenvalue weighted by molar-refractivity contribution is 6.14. The van der Waals surface area contributed by atoms with Gasteiger partial charge < -0.3 is 4.90 Å². The Hall–Kier alpha value is -8.00. The highest BCUT2D eigenvalue weighted by Gasteiger charge is 2.47. The van der Waals surface area contributed by atoms with E-state index in [2.05, 4.69) is 254 Å². The van der Waals surface area contributed by atoms with Gasteiger partial charge in [0.05, 0.1) is 16.8 Å². The van der Waals surface area contributed by atoms with Gasteiger partial charge in [-0.1, -0.05) is 212 Å². The van der Waals surface area contributed by atoms with Crippen LogP contribution in [0.4, 0.5) is 17.1 Å². The average Bonchev–Trinajstić information content (AvgIpc) is 3.66. The van der Waals surface area contributed by atoms with Crippen LogP contribution < -0.4 is 4.90 Å². The van der Waals surface area contributed by atoms with E-state index < -0.39 is 5.41 Å². The third-order valence-electron chi connectivity index (χ3n) is 13.1. The predicted octanol–water partition coefficient (Wildman–Crippen LogP) is 16.3. The maximum absolute atomic E-state index is 2.53. The first-order valence-corrected chi connectivity index (χ1v) is 21.5. The van der Waals surface area contributed by atoms with E-state index in [4.69, 9.17) is 0 Å². The van der Waals surface area contributed by atoms with Crippen molar-refractivity contribution in [3.63, 3.8) is 0 Å². The van der Waals surface area contributed by atoms with Crippen molar-refractivity contribution in [3.8, 4) is 33.4 Å². The fraction of sp³-hybridized carbons (Fsp3) is 0.0164. The minimum atomic E-state index is -0.528. The Bertz CT molecular complexity index is 3430. The highest BCUT2D eigenvalue weighted by Crippen LogP contribution is 2.60. The first-order chi connectivity index (χ1) is 30.8. The Morgan fingerprint density at radius 1 is 0.290 bits per heavy atom. The van der Waals surface area contributed by atoms with E-state index >= 15 is 0 Å². The molecule has 290 valence electrons. The van der Waals surface area contributed by atoms with E-state index in [9.17, 15) is 0 Å². The number of fused-ring (bicyclic) bond motifs is 7. The van der Waals surface area contributed by atoms with Crippen LogP contribution in [0.1, 0.15) is 22.3 Å². The summed E-state index contributed by atoms with van der Waals surface area (Å²) in [4.78, 5) is 2.53. The van der Waals surface area contributed by atoms with Crippen LogP contribution in [0.2, 0.25) is 0 Å². The van der Waals surface area contributed by atoms with Gasteiger partial charge in [-0.2, -0.15) is 0 Å². The first kappa shape index (κ1) is 35.9. The van der Waals surface area contributed by atoms with Gasteiger partial charge in [0, 0.05) is 16.8 Å². The summed E-state index contributed by atoms with van der Waals surface area (Å²) in [7, 11) is 0. The Labute approximate surface area is 362 Å². The minimum absolute atomic E-state index is 0.528. The Balaban J connectivity index is 1.16. The highest BCUT2D eigenvalue weighted by atomic mass is 15.1. The second-order valence-electron chi connectivity index (χ2n) is 16.4. The number of hydrogen-bond donors (Lipinski definition) is 0. The van der Waals surface area contributed by atoms with Crippen molar-refractivity contribution in [1.82, 2.24) is 0 Å². The molecule has 11 aromatic carbocycles. The van der Waals surface area contributed by atoms with Crippen LogP contribution in [-0.4, -0.2) is 0 Å². The Kier molecular flexibility index (Phi) is 8.47. The first-order valence-electron chi connectivity index (χ1n) is 21.5. The normalized spacial score (nSPS) is 12.6. The van der Waals surface area contributed by atoms with Gasteiger partial charge in [-0.15, -0.1) is 0 Å². The molecule has 0 amide bonds. The van der Waals surface area contributed by atoms with Gasteiger partial charge in [0.2, 0.25) is 0 Å². The standard InChI is InChI=1S/C61H41N/c1-3-23-47(24-4-1)61(48-25-5-2-6-26-48)56-33-15-13-32-54(56)60-57(61)34-18-36-59(60)62(58-35-16-14-29-51(58)46-38-37-42-19-7-8-20-43(42)39-46)49-27-17-22-44(40-49)55-41-45-21-9-10-28-50(45)52-30-11-12-31-53(52)55/h1-41H. The summed E-state index contributed by atoms with van der Waals surface area (Å²) >= 11 is 0. The summed E-state index contributed by atoms with van der Waals surface area (Å²) in [5, 5.41) is 7.48. The van der Waals surface area contributed by atoms with Crippen molar-refractivity contribution < 1.29 is 0 Å². The van der Waals surface area contributed by atoms with E-state index in [1.165, 1.54) is 88.0 Å². The molecule has 1 heteroatoms. The zero-order chi connectivity index (χ0) is 41.0. The number of rotatable bonds is 7. The molecule has 62 heavy (non-hydrogen) atoms. The van der Waals surface area contributed by atoms with Gasteiger partial charge in [0.1, 0.15) is 0 Å². The van der Waals surface area contributed by atoms with Crippen LogP contribution in [0.15, 0.2) is 249 Å². The van der Waals surface area contributed by atoms with Crippen LogP contribution in [-0.2, 0) is 5.41 Å². The molecule has 12 rings (SSSR count). The number of benzene rings is 11. The molecule has 0 N–H and O–H groups in total. The molecule has 0 saturated heterocycles. The molecule has 0 fully saturated rings. The summed E-state index contributed by atoms with van der Waals surface area (Å²) in [6.45, 7) is 0. The van der Waals surface area contributed by atoms with Crippen LogP contribution in [0.3, 0.4) is 0 Å². The Morgan fingerprint density at radius 2 is 0.855 bits per heavy atom. The smallest absolute Gasteiger partial charge is 0.0714 e. The second kappa shape index (κ2) is 14.6. The molecule has 0 saturated carbocycles. The second-order valence-corrected chi connectivity index (χ2v) is 16.4. The molecule has 0 aliphatic heterocycles. The van der Waals surface area contributed by atoms with Crippen molar-refractivity contribution >= 4 is 49.4 Å². The lowest BCUT2D eigenvalue weighted by molar-refractivity contribution is 0.768. The summed E-state index contributed by atoms with van der Waals surface area (Å²) in [6, 6.07) is 91.8. The fourth-order valence-corrected chi connectivity index (χ4v) is 10.4. The van der Waals surface area contributed by atoms with Crippen LogP contribution in [0, 0.1) is 0 Å². The molecular weight excluding hydrogens is 747 g/mol. The van der Waals surface area contributed by atoms with E-state index in [1.807, 2.05) is 0 Å². The quantitative estimate of drug-likeness (QED) is 0.145. The predicted molar refractivity (Wildman–Crippen MR) is 262 cm³/mol. The van der Waals surface area contributed by atoms with Gasteiger partial charge in [0.15, 0.2) is 0 Å². The van der Waals surface area contributed by atoms with Gasteiger partial charge in [-0.25, -0.2) is 0 Å². The zero-order valence-corrected chi connectivity index (χ0v) is 34.1. The largest absolute Gasteiger partial charge is 0.309 e. The zero-order valence-electron chi connectivity index (χ0n) is 34.1. The van der Waals surface area contributed by atoms with Crippen molar-refractivity contribution in [2.75, 3.05) is 4.90 Å². The summed E-state index contributed by atoms with van der Waals surface area (Å²) in [5.41, 5.74) is 15.1. The molecule has 1 aliphatic rings. The molecule has 0 atom stereocenters. The molecule has 0 radical (unpaired) electrons. The van der Waals surface area contributed by atoms with Crippen molar-refractivity contribution in [1.29, 1.82) is 0 Å². The number of para-hydroxylation sites is 1. The van der Waals surface area contributed by atoms with Crippen LogP contribution >= 0.6 is 0 Å². The van der Waals surface area contributed by atoms with Gasteiger partial charge in [-0.05, 0) is 113 Å². The van der Waals surface area contributed by atoms with Crippen LogP contribution in [0.25, 0.3) is 65.7 Å². The Morgan fingerprint density at radius 3 is 1.65 bits per heavy atom. The number of anilines is 3. The van der Waals surface area contributed by atoms with E-state index in [0.29, 0.717) is 0 Å². The molecule has 0 spiro atoms. The maximum atomic E-state index is 2.53. The lowest BCUT2D eigenvalue weighted by atomic mass is 9.68. The van der Waals surface area contributed by atoms with Crippen molar-refractivity contribution in [2.24, 2.45) is 0 Å². The SMILES string of the molecule is c1ccc(C2(c3ccccc3)c3ccccc3-c3c(N(c4cccc(-c5cc6ccccc6c6ccccc56)c4)c4ccccc4-c4ccc5ccccc5c4)cccc32)cc1. The fourth-order valence-electron chi connectivity index (χ4n) is 10.4. The summed E-state index contributed by atoms with van der Waals surface area (Å²) in [5.74, 6) is 0. The lowest BCUT2D eigenvalue weighted by Gasteiger charge is -2.34. The lowest BCUT2D eigenvalue weighted by Crippen LogP contribution is -2.28. The third kappa shape index (κ3) is 5.56. The van der Waals surface area contributed by atoms with Crippen molar-refractivity contribution in [3.05, 3.63) is 271 Å². The molecular formula is C61H41N. The molecule has 0 heterocycles. The molecule has 0 aromatic heterocycles. The van der Waals surface area contributed by atoms with E-state index in [0.717, 1.165) is 17.1 Å². The average molecular weight is 788 g/mol. The summed E-state index contributed by atoms with van der Waals surface area (Å²) in [6.07, 6.45) is 0. The summed E-state index contributed by atoms with van der Waals surface area (Å²) < 4.78 is 0. The van der Waals surface area contributed by atoms with Gasteiger partial charge >= 0.3 is 0 Å². The third-order valence-corrected chi connectivity index (χ3v) is 13.1.